The summed E-state index contributed by atoms with van der Waals surface area (Å²) in [5.74, 6) is 0.265. The molecule has 1 aliphatic rings. The Morgan fingerprint density at radius 3 is 3.00 bits per heavy atom. The maximum atomic E-state index is 13.8. The number of hydrogen-bond acceptors (Lipinski definition) is 6. The molecule has 22 heavy (non-hydrogen) atoms. The SMILES string of the molecule is Cc1noc(C2CCCN(c3cccc(F)c3[N+](=O)[O-])C2)n1. The molecule has 8 heteroatoms. The lowest BCUT2D eigenvalue weighted by Gasteiger charge is -2.32. The standard InChI is InChI=1S/C14H15FN4O3/c1-9-16-14(22-17-9)10-4-3-7-18(8-10)12-6-2-5-11(15)13(12)19(20)21/h2,5-6,10H,3-4,7-8H2,1H3. The molecule has 1 saturated heterocycles. The van der Waals surface area contributed by atoms with Gasteiger partial charge in [-0.1, -0.05) is 11.2 Å². The van der Waals surface area contributed by atoms with Crippen LogP contribution in [-0.2, 0) is 0 Å². The molecule has 1 atom stereocenters. The Balaban J connectivity index is 1.89. The Kier molecular flexibility index (Phi) is 3.74. The number of para-hydroxylation sites is 1. The fourth-order valence-corrected chi connectivity index (χ4v) is 2.82. The Morgan fingerprint density at radius 2 is 2.32 bits per heavy atom. The van der Waals surface area contributed by atoms with Crippen molar-refractivity contribution in [3.63, 3.8) is 0 Å². The number of aromatic nitrogens is 2. The molecule has 0 saturated carbocycles. The second-order valence-corrected chi connectivity index (χ2v) is 5.33. The van der Waals surface area contributed by atoms with E-state index in [1.54, 1.807) is 13.0 Å². The van der Waals surface area contributed by atoms with Crippen LogP contribution in [0.5, 0.6) is 0 Å². The topological polar surface area (TPSA) is 85.3 Å². The number of nitrogens with zero attached hydrogens (tertiary/aromatic N) is 4. The molecule has 7 nitrogen and oxygen atoms in total. The van der Waals surface area contributed by atoms with Crippen LogP contribution in [-0.4, -0.2) is 28.2 Å². The maximum absolute atomic E-state index is 13.8. The molecule has 3 rings (SSSR count). The molecular formula is C14H15FN4O3. The van der Waals surface area contributed by atoms with Crippen LogP contribution in [0.4, 0.5) is 15.8 Å². The van der Waals surface area contributed by atoms with Gasteiger partial charge in [-0.25, -0.2) is 0 Å². The maximum Gasteiger partial charge on any atom is 0.327 e. The average molecular weight is 306 g/mol. The highest BCUT2D eigenvalue weighted by molar-refractivity contribution is 5.64. The zero-order valence-electron chi connectivity index (χ0n) is 12.0. The van der Waals surface area contributed by atoms with Gasteiger partial charge in [-0.15, -0.1) is 0 Å². The molecule has 1 fully saturated rings. The molecule has 116 valence electrons. The third kappa shape index (κ3) is 2.63. The van der Waals surface area contributed by atoms with Crippen LogP contribution in [0.2, 0.25) is 0 Å². The van der Waals surface area contributed by atoms with Gasteiger partial charge in [0, 0.05) is 13.1 Å². The van der Waals surface area contributed by atoms with Crippen molar-refractivity contribution in [2.24, 2.45) is 0 Å². The second-order valence-electron chi connectivity index (χ2n) is 5.33. The zero-order valence-corrected chi connectivity index (χ0v) is 12.0. The number of benzene rings is 1. The zero-order chi connectivity index (χ0) is 15.7. The van der Waals surface area contributed by atoms with E-state index in [1.807, 2.05) is 4.90 Å². The van der Waals surface area contributed by atoms with Crippen LogP contribution in [0, 0.1) is 22.9 Å². The van der Waals surface area contributed by atoms with E-state index < -0.39 is 16.4 Å². The van der Waals surface area contributed by atoms with Gasteiger partial charge in [-0.3, -0.25) is 10.1 Å². The molecule has 2 heterocycles. The van der Waals surface area contributed by atoms with Crippen molar-refractivity contribution in [3.05, 3.63) is 45.8 Å². The fraction of sp³-hybridized carbons (Fsp3) is 0.429. The molecule has 1 unspecified atom stereocenters. The number of hydrogen-bond donors (Lipinski definition) is 0. The smallest absolute Gasteiger partial charge is 0.327 e. The first kappa shape index (κ1) is 14.4. The minimum Gasteiger partial charge on any atom is -0.365 e. The molecule has 1 aliphatic heterocycles. The van der Waals surface area contributed by atoms with Crippen LogP contribution in [0.3, 0.4) is 0 Å². The number of nitro groups is 1. The van der Waals surface area contributed by atoms with E-state index in [4.69, 9.17) is 4.52 Å². The number of rotatable bonds is 3. The highest BCUT2D eigenvalue weighted by atomic mass is 19.1. The van der Waals surface area contributed by atoms with Crippen molar-refractivity contribution in [1.82, 2.24) is 10.1 Å². The highest BCUT2D eigenvalue weighted by Gasteiger charge is 2.30. The quantitative estimate of drug-likeness (QED) is 0.640. The number of aryl methyl sites for hydroxylation is 1. The van der Waals surface area contributed by atoms with Gasteiger partial charge in [0.15, 0.2) is 5.82 Å². The van der Waals surface area contributed by atoms with E-state index in [1.165, 1.54) is 6.07 Å². The van der Waals surface area contributed by atoms with Gasteiger partial charge in [-0.05, 0) is 31.9 Å². The van der Waals surface area contributed by atoms with Crippen molar-refractivity contribution < 1.29 is 13.8 Å². The average Bonchev–Trinajstić information content (AvgIpc) is 2.93. The van der Waals surface area contributed by atoms with Crippen LogP contribution in [0.25, 0.3) is 0 Å². The summed E-state index contributed by atoms with van der Waals surface area (Å²) in [7, 11) is 0. The van der Waals surface area contributed by atoms with Gasteiger partial charge in [-0.2, -0.15) is 9.37 Å². The van der Waals surface area contributed by atoms with E-state index in [-0.39, 0.29) is 5.92 Å². The summed E-state index contributed by atoms with van der Waals surface area (Å²) < 4.78 is 19.0. The predicted octanol–water partition coefficient (Wildman–Crippen LogP) is 2.81. The number of nitro benzene ring substituents is 1. The normalized spacial score (nSPS) is 18.5. The van der Waals surface area contributed by atoms with Gasteiger partial charge in [0.05, 0.1) is 10.8 Å². The van der Waals surface area contributed by atoms with Crippen molar-refractivity contribution in [2.75, 3.05) is 18.0 Å². The molecule has 1 aromatic heterocycles. The number of halogens is 1. The monoisotopic (exact) mass is 306 g/mol. The lowest BCUT2D eigenvalue weighted by Crippen LogP contribution is -2.35. The molecule has 2 aromatic rings. The van der Waals surface area contributed by atoms with Gasteiger partial charge < -0.3 is 9.42 Å². The molecule has 0 amide bonds. The summed E-state index contributed by atoms with van der Waals surface area (Å²) in [6, 6.07) is 4.16. The van der Waals surface area contributed by atoms with Crippen molar-refractivity contribution >= 4 is 11.4 Å². The predicted molar refractivity (Wildman–Crippen MR) is 76.3 cm³/mol. The first-order chi connectivity index (χ1) is 10.6. The summed E-state index contributed by atoms with van der Waals surface area (Å²) in [6.45, 7) is 2.87. The van der Waals surface area contributed by atoms with E-state index in [9.17, 15) is 14.5 Å². The summed E-state index contributed by atoms with van der Waals surface area (Å²) in [5, 5.41) is 14.9. The summed E-state index contributed by atoms with van der Waals surface area (Å²) in [6.07, 6.45) is 1.68. The summed E-state index contributed by atoms with van der Waals surface area (Å²) in [5.41, 5.74) is -0.184. The van der Waals surface area contributed by atoms with Gasteiger partial charge in [0.25, 0.3) is 0 Å². The minimum absolute atomic E-state index is 0.00202. The number of anilines is 1. The Hall–Kier alpha value is -2.51. The van der Waals surface area contributed by atoms with Gasteiger partial charge in [0.2, 0.25) is 11.7 Å². The van der Waals surface area contributed by atoms with Crippen LogP contribution in [0.15, 0.2) is 22.7 Å². The van der Waals surface area contributed by atoms with Gasteiger partial charge >= 0.3 is 5.69 Å². The Labute approximate surface area is 125 Å². The van der Waals surface area contributed by atoms with Crippen molar-refractivity contribution in [1.29, 1.82) is 0 Å². The van der Waals surface area contributed by atoms with Crippen molar-refractivity contribution in [2.45, 2.75) is 25.7 Å². The third-order valence-electron chi connectivity index (χ3n) is 3.80. The largest absolute Gasteiger partial charge is 0.365 e. The van der Waals surface area contributed by atoms with Crippen LogP contribution < -0.4 is 4.90 Å². The summed E-state index contributed by atoms with van der Waals surface area (Å²) in [4.78, 5) is 16.5. The van der Waals surface area contributed by atoms with E-state index >= 15 is 0 Å². The molecular weight excluding hydrogens is 291 g/mol. The van der Waals surface area contributed by atoms with Crippen LogP contribution >= 0.6 is 0 Å². The summed E-state index contributed by atoms with van der Waals surface area (Å²) >= 11 is 0. The third-order valence-corrected chi connectivity index (χ3v) is 3.80. The minimum atomic E-state index is -0.821. The second kappa shape index (κ2) is 5.70. The lowest BCUT2D eigenvalue weighted by atomic mass is 9.97. The molecule has 0 aliphatic carbocycles. The van der Waals surface area contributed by atoms with E-state index in [0.29, 0.717) is 30.5 Å². The molecule has 0 radical (unpaired) electrons. The highest BCUT2D eigenvalue weighted by Crippen LogP contribution is 2.35. The molecule has 0 bridgehead atoms. The molecule has 0 spiro atoms. The van der Waals surface area contributed by atoms with Crippen molar-refractivity contribution in [3.8, 4) is 0 Å². The Morgan fingerprint density at radius 1 is 1.50 bits per heavy atom. The van der Waals surface area contributed by atoms with E-state index in [0.717, 1.165) is 18.9 Å². The molecule has 0 N–H and O–H groups in total. The van der Waals surface area contributed by atoms with Crippen LogP contribution in [0.1, 0.15) is 30.5 Å². The number of piperidine rings is 1. The van der Waals surface area contributed by atoms with Gasteiger partial charge in [0.1, 0.15) is 5.69 Å². The lowest BCUT2D eigenvalue weighted by molar-refractivity contribution is -0.386. The first-order valence-corrected chi connectivity index (χ1v) is 7.04. The molecule has 1 aromatic carbocycles. The Bertz CT molecular complexity index is 703. The first-order valence-electron chi connectivity index (χ1n) is 7.04. The fourth-order valence-electron chi connectivity index (χ4n) is 2.82. The van der Waals surface area contributed by atoms with E-state index in [2.05, 4.69) is 10.1 Å².